The van der Waals surface area contributed by atoms with Gasteiger partial charge in [0.2, 0.25) is 0 Å². The van der Waals surface area contributed by atoms with E-state index in [1.165, 1.54) is 128 Å². The molecule has 4 aliphatic carbocycles. The molecule has 4 heteroatoms. The maximum absolute atomic E-state index is 7.92. The molecule has 7 fully saturated rings. The molecule has 0 N–H and O–H groups in total. The van der Waals surface area contributed by atoms with Crippen LogP contribution in [0.1, 0.15) is 180 Å². The van der Waals surface area contributed by atoms with Crippen molar-refractivity contribution in [2.75, 3.05) is 13.2 Å². The van der Waals surface area contributed by atoms with Crippen molar-refractivity contribution in [2.24, 2.45) is 23.7 Å². The smallest absolute Gasteiger partial charge is 0.198 e. The Morgan fingerprint density at radius 3 is 0.952 bits per heavy atom. The number of rotatable bonds is 0. The molecule has 240 valence electrons. The molecule has 4 nitrogen and oxygen atoms in total. The summed E-state index contributed by atoms with van der Waals surface area (Å²) in [7, 11) is 0. The fourth-order valence-electron chi connectivity index (χ4n) is 11.6. The van der Waals surface area contributed by atoms with Gasteiger partial charge < -0.3 is 18.9 Å². The molecule has 4 spiro atoms. The van der Waals surface area contributed by atoms with Crippen LogP contribution in [0.4, 0.5) is 0 Å². The second-order valence-corrected chi connectivity index (χ2v) is 16.5. The Bertz CT molecular complexity index is 751. The SMILES string of the molecule is C1CCCCC2CC(CCCC1)CC1(C2)OC2(CCCO2)C2(CC3CCCCCCCCCC(C3)C2)OC12CCCO2. The van der Waals surface area contributed by atoms with Gasteiger partial charge in [0.1, 0.15) is 11.2 Å². The maximum Gasteiger partial charge on any atom is 0.198 e. The van der Waals surface area contributed by atoms with Crippen molar-refractivity contribution in [1.82, 2.24) is 0 Å². The highest BCUT2D eigenvalue weighted by Crippen LogP contribution is 2.65. The van der Waals surface area contributed by atoms with Crippen LogP contribution in [0.15, 0.2) is 0 Å². The van der Waals surface area contributed by atoms with Crippen molar-refractivity contribution in [3.8, 4) is 0 Å². The lowest BCUT2D eigenvalue weighted by molar-refractivity contribution is -0.500. The van der Waals surface area contributed by atoms with Gasteiger partial charge >= 0.3 is 0 Å². The first kappa shape index (κ1) is 30.5. The molecule has 0 aromatic heterocycles. The second-order valence-electron chi connectivity index (χ2n) is 16.5. The first-order valence-electron chi connectivity index (χ1n) is 19.3. The zero-order chi connectivity index (χ0) is 28.4. The summed E-state index contributed by atoms with van der Waals surface area (Å²) >= 11 is 0. The van der Waals surface area contributed by atoms with Crippen molar-refractivity contribution in [1.29, 1.82) is 0 Å². The largest absolute Gasteiger partial charge is 0.347 e. The third kappa shape index (κ3) is 6.03. The summed E-state index contributed by atoms with van der Waals surface area (Å²) in [4.78, 5) is 0. The van der Waals surface area contributed by atoms with Gasteiger partial charge in [0.15, 0.2) is 11.6 Å². The summed E-state index contributed by atoms with van der Waals surface area (Å²) in [6, 6.07) is 0. The maximum atomic E-state index is 7.92. The van der Waals surface area contributed by atoms with Crippen molar-refractivity contribution in [3.63, 3.8) is 0 Å². The monoisotopic (exact) mass is 584 g/mol. The Labute approximate surface area is 258 Å². The minimum Gasteiger partial charge on any atom is -0.347 e. The van der Waals surface area contributed by atoms with E-state index < -0.39 is 11.6 Å². The van der Waals surface area contributed by atoms with E-state index in [-0.39, 0.29) is 11.2 Å². The van der Waals surface area contributed by atoms with Crippen LogP contribution in [-0.4, -0.2) is 36.0 Å². The Morgan fingerprint density at radius 1 is 0.357 bits per heavy atom. The molecule has 0 aromatic carbocycles. The average molecular weight is 585 g/mol. The molecule has 7 rings (SSSR count). The van der Waals surface area contributed by atoms with Crippen molar-refractivity contribution in [2.45, 2.75) is 203 Å². The van der Waals surface area contributed by atoms with E-state index in [1.807, 2.05) is 0 Å². The standard InChI is InChI=1S/C38H64O4/c1-3-7-11-17-31-25-32(18-12-8-4-1)28-35(27-31)37(21-15-23-39-37)42-36(38(41-35)22-16-24-40-38)29-33-19-13-9-5-2-6-10-14-20-34(26-33)30-36/h31-34H,1-30H2. The molecule has 0 radical (unpaired) electrons. The average Bonchev–Trinajstić information content (AvgIpc) is 3.65. The van der Waals surface area contributed by atoms with Gasteiger partial charge in [0.05, 0.1) is 13.2 Å². The predicted molar refractivity (Wildman–Crippen MR) is 168 cm³/mol. The zero-order valence-corrected chi connectivity index (χ0v) is 27.2. The molecule has 42 heavy (non-hydrogen) atoms. The van der Waals surface area contributed by atoms with Gasteiger partial charge in [-0.3, -0.25) is 0 Å². The van der Waals surface area contributed by atoms with Gasteiger partial charge in [-0.05, 0) is 75.0 Å². The Kier molecular flexibility index (Phi) is 9.65. The highest BCUT2D eigenvalue weighted by Gasteiger charge is 2.74. The quantitative estimate of drug-likeness (QED) is 0.284. The second kappa shape index (κ2) is 13.3. The minimum absolute atomic E-state index is 0.347. The summed E-state index contributed by atoms with van der Waals surface area (Å²) in [5.74, 6) is 1.79. The van der Waals surface area contributed by atoms with Crippen LogP contribution < -0.4 is 0 Å². The molecule has 3 aliphatic heterocycles. The van der Waals surface area contributed by atoms with E-state index in [9.17, 15) is 0 Å². The van der Waals surface area contributed by atoms with Gasteiger partial charge in [-0.25, -0.2) is 0 Å². The van der Waals surface area contributed by atoms with Crippen molar-refractivity contribution in [3.05, 3.63) is 0 Å². The summed E-state index contributed by atoms with van der Waals surface area (Å²) in [5, 5.41) is 0. The van der Waals surface area contributed by atoms with Gasteiger partial charge in [0, 0.05) is 12.8 Å². The normalized spacial score (nSPS) is 48.0. The third-order valence-electron chi connectivity index (χ3n) is 13.3. The number of ether oxygens (including phenoxy) is 4. The predicted octanol–water partition coefficient (Wildman–Crippen LogP) is 10.4. The highest BCUT2D eigenvalue weighted by atomic mass is 16.8. The van der Waals surface area contributed by atoms with Gasteiger partial charge in [-0.15, -0.1) is 0 Å². The topological polar surface area (TPSA) is 36.9 Å². The lowest BCUT2D eigenvalue weighted by Gasteiger charge is -2.67. The molecule has 3 saturated heterocycles. The molecule has 3 heterocycles. The summed E-state index contributed by atoms with van der Waals surface area (Å²) in [5.41, 5.74) is -0.694. The van der Waals surface area contributed by atoms with Crippen LogP contribution in [0.5, 0.6) is 0 Å². The van der Waals surface area contributed by atoms with Crippen LogP contribution in [0.2, 0.25) is 0 Å². The Morgan fingerprint density at radius 2 is 0.667 bits per heavy atom. The summed E-state index contributed by atoms with van der Waals surface area (Å²) in [6.07, 6.45) is 36.7. The number of hydrogen-bond acceptors (Lipinski definition) is 4. The summed E-state index contributed by atoms with van der Waals surface area (Å²) in [6.45, 7) is 1.66. The van der Waals surface area contributed by atoms with Gasteiger partial charge in [-0.2, -0.15) is 0 Å². The first-order valence-corrected chi connectivity index (χ1v) is 19.3. The van der Waals surface area contributed by atoms with E-state index in [1.54, 1.807) is 0 Å². The molecule has 6 unspecified atom stereocenters. The van der Waals surface area contributed by atoms with E-state index in [0.717, 1.165) is 88.3 Å². The van der Waals surface area contributed by atoms with Gasteiger partial charge in [-0.1, -0.05) is 116 Å². The first-order chi connectivity index (χ1) is 20.6. The van der Waals surface area contributed by atoms with E-state index >= 15 is 0 Å². The molecule has 4 saturated carbocycles. The Balaban J connectivity index is 1.22. The number of hydrogen-bond donors (Lipinski definition) is 0. The molecule has 0 aromatic rings. The minimum atomic E-state index is -0.573. The van der Waals surface area contributed by atoms with Crippen molar-refractivity contribution >= 4 is 0 Å². The molecular weight excluding hydrogens is 520 g/mol. The van der Waals surface area contributed by atoms with E-state index in [4.69, 9.17) is 18.9 Å². The van der Waals surface area contributed by atoms with Crippen LogP contribution in [0.25, 0.3) is 0 Å². The third-order valence-corrected chi connectivity index (χ3v) is 13.3. The van der Waals surface area contributed by atoms with Crippen LogP contribution in [-0.2, 0) is 18.9 Å². The Hall–Kier alpha value is -0.160. The molecule has 6 atom stereocenters. The van der Waals surface area contributed by atoms with Gasteiger partial charge in [0.25, 0.3) is 0 Å². The van der Waals surface area contributed by atoms with Crippen LogP contribution in [0, 0.1) is 23.7 Å². The van der Waals surface area contributed by atoms with E-state index in [0.29, 0.717) is 0 Å². The highest BCUT2D eigenvalue weighted by molar-refractivity contribution is 5.16. The van der Waals surface area contributed by atoms with Crippen LogP contribution in [0.3, 0.4) is 0 Å². The lowest BCUT2D eigenvalue weighted by Crippen LogP contribution is -2.77. The lowest BCUT2D eigenvalue weighted by atomic mass is 9.61. The molecule has 4 bridgehead atoms. The fourth-order valence-corrected chi connectivity index (χ4v) is 11.6. The van der Waals surface area contributed by atoms with E-state index in [2.05, 4.69) is 0 Å². The zero-order valence-electron chi connectivity index (χ0n) is 27.2. The summed E-state index contributed by atoms with van der Waals surface area (Å²) < 4.78 is 29.8. The van der Waals surface area contributed by atoms with Crippen LogP contribution >= 0.6 is 0 Å². The molecule has 7 aliphatic rings. The van der Waals surface area contributed by atoms with Crippen molar-refractivity contribution < 1.29 is 18.9 Å². The molecular formula is C38H64O4. The fraction of sp³-hybridized carbons (Fsp3) is 1.00. The molecule has 0 amide bonds. The number of fused-ring (bicyclic) bond motifs is 6.